The van der Waals surface area contributed by atoms with E-state index in [1.165, 1.54) is 18.3 Å². The molecule has 1 N–H and O–H groups in total. The van der Waals surface area contributed by atoms with E-state index in [0.717, 1.165) is 10.4 Å². The van der Waals surface area contributed by atoms with E-state index < -0.39 is 12.0 Å². The highest BCUT2D eigenvalue weighted by molar-refractivity contribution is 7.10. The van der Waals surface area contributed by atoms with Gasteiger partial charge in [0.25, 0.3) is 5.89 Å². The van der Waals surface area contributed by atoms with Gasteiger partial charge in [0, 0.05) is 17.4 Å². The molecule has 3 rings (SSSR count). The molecule has 8 heteroatoms. The Hall–Kier alpha value is -3.00. The molecule has 2 heterocycles. The maximum absolute atomic E-state index is 12.1. The summed E-state index contributed by atoms with van der Waals surface area (Å²) in [5.41, 5.74) is 0.793. The summed E-state index contributed by atoms with van der Waals surface area (Å²) in [7, 11) is 0. The van der Waals surface area contributed by atoms with Crippen LogP contribution in [0, 0.1) is 0 Å². The van der Waals surface area contributed by atoms with E-state index in [-0.39, 0.29) is 24.8 Å². The Morgan fingerprint density at radius 1 is 1.19 bits per heavy atom. The Balaban J connectivity index is 1.56. The first-order valence-corrected chi connectivity index (χ1v) is 8.83. The number of amides is 1. The van der Waals surface area contributed by atoms with E-state index in [1.54, 1.807) is 0 Å². The summed E-state index contributed by atoms with van der Waals surface area (Å²) < 4.78 is 10.7. The molecular formula is C18H17N3O4S. The molecule has 0 saturated carbocycles. The van der Waals surface area contributed by atoms with Crippen LogP contribution in [0.4, 0.5) is 0 Å². The van der Waals surface area contributed by atoms with Crippen LogP contribution >= 0.6 is 11.3 Å². The highest BCUT2D eigenvalue weighted by Crippen LogP contribution is 2.23. The largest absolute Gasteiger partial charge is 0.456 e. The smallest absolute Gasteiger partial charge is 0.308 e. The van der Waals surface area contributed by atoms with Crippen molar-refractivity contribution in [3.63, 3.8) is 0 Å². The molecule has 134 valence electrons. The minimum Gasteiger partial charge on any atom is -0.456 e. The molecule has 0 aliphatic carbocycles. The lowest BCUT2D eigenvalue weighted by atomic mass is 10.1. The molecule has 0 bridgehead atoms. The van der Waals surface area contributed by atoms with Gasteiger partial charge in [-0.15, -0.1) is 21.5 Å². The summed E-state index contributed by atoms with van der Waals surface area (Å²) in [6.07, 6.45) is 0.0276. The molecule has 0 saturated heterocycles. The highest BCUT2D eigenvalue weighted by atomic mass is 32.1. The molecular weight excluding hydrogens is 354 g/mol. The number of nitrogens with zero attached hydrogens (tertiary/aromatic N) is 2. The van der Waals surface area contributed by atoms with Crippen LogP contribution in [-0.2, 0) is 20.9 Å². The number of hydrogen-bond donors (Lipinski definition) is 1. The van der Waals surface area contributed by atoms with Crippen molar-refractivity contribution in [3.05, 3.63) is 58.6 Å². The molecule has 26 heavy (non-hydrogen) atoms. The van der Waals surface area contributed by atoms with E-state index in [0.29, 0.717) is 5.89 Å². The molecule has 0 fully saturated rings. The van der Waals surface area contributed by atoms with Gasteiger partial charge in [0.05, 0.1) is 12.5 Å². The van der Waals surface area contributed by atoms with Crippen LogP contribution < -0.4 is 5.32 Å². The van der Waals surface area contributed by atoms with Crippen molar-refractivity contribution in [2.24, 2.45) is 0 Å². The van der Waals surface area contributed by atoms with Gasteiger partial charge in [-0.25, -0.2) is 0 Å². The van der Waals surface area contributed by atoms with Crippen molar-refractivity contribution in [2.45, 2.75) is 26.0 Å². The van der Waals surface area contributed by atoms with Gasteiger partial charge < -0.3 is 14.5 Å². The third-order valence-electron chi connectivity index (χ3n) is 3.48. The molecule has 1 aromatic carbocycles. The number of carbonyl (C=O) groups is 2. The number of carbonyl (C=O) groups excluding carboxylic acids is 2. The van der Waals surface area contributed by atoms with Gasteiger partial charge in [0.1, 0.15) is 0 Å². The minimum atomic E-state index is -0.461. The lowest BCUT2D eigenvalue weighted by Gasteiger charge is -2.15. The average Bonchev–Trinajstić information content (AvgIpc) is 3.32. The van der Waals surface area contributed by atoms with Crippen molar-refractivity contribution in [1.29, 1.82) is 0 Å². The van der Waals surface area contributed by atoms with Gasteiger partial charge in [-0.3, -0.25) is 9.59 Å². The summed E-state index contributed by atoms with van der Waals surface area (Å²) in [6, 6.07) is 12.6. The molecule has 0 radical (unpaired) electrons. The number of aromatic nitrogens is 2. The zero-order chi connectivity index (χ0) is 18.4. The summed E-state index contributed by atoms with van der Waals surface area (Å²) in [6.45, 7) is 1.30. The topological polar surface area (TPSA) is 94.3 Å². The van der Waals surface area contributed by atoms with Crippen molar-refractivity contribution in [3.8, 4) is 11.5 Å². The second-order valence-corrected chi connectivity index (χ2v) is 6.48. The van der Waals surface area contributed by atoms with Crippen LogP contribution in [0.3, 0.4) is 0 Å². The minimum absolute atomic E-state index is 0.0276. The Kier molecular flexibility index (Phi) is 5.75. The van der Waals surface area contributed by atoms with Gasteiger partial charge in [-0.1, -0.05) is 24.3 Å². The quantitative estimate of drug-likeness (QED) is 0.641. The van der Waals surface area contributed by atoms with E-state index in [1.807, 2.05) is 47.8 Å². The summed E-state index contributed by atoms with van der Waals surface area (Å²) in [4.78, 5) is 24.4. The monoisotopic (exact) mass is 371 g/mol. The zero-order valence-corrected chi connectivity index (χ0v) is 14.9. The van der Waals surface area contributed by atoms with E-state index in [2.05, 4.69) is 15.5 Å². The number of thiophene rings is 1. The molecule has 7 nitrogen and oxygen atoms in total. The molecule has 1 unspecified atom stereocenters. The van der Waals surface area contributed by atoms with Crippen LogP contribution in [0.1, 0.15) is 30.2 Å². The lowest BCUT2D eigenvalue weighted by Crippen LogP contribution is -2.28. The number of hydrogen-bond acceptors (Lipinski definition) is 7. The lowest BCUT2D eigenvalue weighted by molar-refractivity contribution is -0.146. The number of nitrogens with one attached hydrogen (secondary N) is 1. The van der Waals surface area contributed by atoms with Crippen molar-refractivity contribution < 1.29 is 18.7 Å². The van der Waals surface area contributed by atoms with Gasteiger partial charge in [-0.05, 0) is 23.6 Å². The Morgan fingerprint density at radius 3 is 2.69 bits per heavy atom. The van der Waals surface area contributed by atoms with Gasteiger partial charge in [-0.2, -0.15) is 0 Å². The molecule has 0 aliphatic heterocycles. The van der Waals surface area contributed by atoms with Gasteiger partial charge >= 0.3 is 5.97 Å². The maximum Gasteiger partial charge on any atom is 0.308 e. The maximum atomic E-state index is 12.1. The van der Waals surface area contributed by atoms with Gasteiger partial charge in [0.2, 0.25) is 11.8 Å². The predicted octanol–water partition coefficient (Wildman–Crippen LogP) is 3.11. The number of rotatable bonds is 7. The fourth-order valence-corrected chi connectivity index (χ4v) is 3.11. The van der Waals surface area contributed by atoms with Crippen LogP contribution in [-0.4, -0.2) is 22.1 Å². The molecule has 1 amide bonds. The molecule has 1 atom stereocenters. The van der Waals surface area contributed by atoms with Crippen LogP contribution in [0.25, 0.3) is 11.5 Å². The molecule has 0 spiro atoms. The van der Waals surface area contributed by atoms with Crippen LogP contribution in [0.5, 0.6) is 0 Å². The second-order valence-electron chi connectivity index (χ2n) is 5.50. The Morgan fingerprint density at radius 2 is 2.00 bits per heavy atom. The summed E-state index contributed by atoms with van der Waals surface area (Å²) in [5, 5.41) is 12.5. The number of esters is 1. The fraction of sp³-hybridized carbons (Fsp3) is 0.222. The van der Waals surface area contributed by atoms with Crippen molar-refractivity contribution >= 4 is 23.2 Å². The average molecular weight is 371 g/mol. The number of ether oxygens (including phenoxy) is 1. The standard InChI is InChI=1S/C18H17N3O4S/c1-12(22)19-14(15-8-5-9-26-15)10-17(23)24-11-16-20-21-18(25-16)13-6-3-2-4-7-13/h2-9,14H,10-11H2,1H3,(H,19,22). The van der Waals surface area contributed by atoms with E-state index >= 15 is 0 Å². The highest BCUT2D eigenvalue weighted by Gasteiger charge is 2.20. The predicted molar refractivity (Wildman–Crippen MR) is 95.0 cm³/mol. The third kappa shape index (κ3) is 4.76. The number of benzene rings is 1. The zero-order valence-electron chi connectivity index (χ0n) is 14.0. The SMILES string of the molecule is CC(=O)NC(CC(=O)OCc1nnc(-c2ccccc2)o1)c1cccs1. The summed E-state index contributed by atoms with van der Waals surface area (Å²) in [5.74, 6) is -0.0898. The van der Waals surface area contributed by atoms with E-state index in [9.17, 15) is 9.59 Å². The fourth-order valence-electron chi connectivity index (χ4n) is 2.33. The second kappa shape index (κ2) is 8.39. The molecule has 0 aliphatic rings. The van der Waals surface area contributed by atoms with Crippen molar-refractivity contribution in [2.75, 3.05) is 0 Å². The van der Waals surface area contributed by atoms with Gasteiger partial charge in [0.15, 0.2) is 6.61 Å². The molecule has 2 aromatic heterocycles. The first-order chi connectivity index (χ1) is 12.6. The Bertz CT molecular complexity index is 862. The first kappa shape index (κ1) is 17.8. The summed E-state index contributed by atoms with van der Waals surface area (Å²) >= 11 is 1.47. The van der Waals surface area contributed by atoms with Crippen molar-refractivity contribution in [1.82, 2.24) is 15.5 Å². The third-order valence-corrected chi connectivity index (χ3v) is 4.47. The normalized spacial score (nSPS) is 11.7. The first-order valence-electron chi connectivity index (χ1n) is 7.96. The van der Waals surface area contributed by atoms with Crippen LogP contribution in [0.2, 0.25) is 0 Å². The molecule has 3 aromatic rings. The Labute approximate surface area is 154 Å². The van der Waals surface area contributed by atoms with Crippen LogP contribution in [0.15, 0.2) is 52.3 Å². The van der Waals surface area contributed by atoms with E-state index in [4.69, 9.17) is 9.15 Å².